The molecule has 1 unspecified atom stereocenters. The molecule has 1 aliphatic heterocycles. The number of nitriles is 1. The highest BCUT2D eigenvalue weighted by Crippen LogP contribution is 2.35. The summed E-state index contributed by atoms with van der Waals surface area (Å²) in [5, 5.41) is 11.5. The lowest BCUT2D eigenvalue weighted by atomic mass is 9.91. The fourth-order valence-electron chi connectivity index (χ4n) is 2.51. The molecule has 0 saturated heterocycles. The van der Waals surface area contributed by atoms with E-state index in [0.717, 1.165) is 11.9 Å². The van der Waals surface area contributed by atoms with Crippen molar-refractivity contribution in [1.29, 1.82) is 5.26 Å². The monoisotopic (exact) mass is 326 g/mol. The van der Waals surface area contributed by atoms with Crippen LogP contribution in [0.5, 0.6) is 0 Å². The van der Waals surface area contributed by atoms with E-state index in [4.69, 9.17) is 0 Å². The van der Waals surface area contributed by atoms with Crippen LogP contribution in [0, 0.1) is 11.3 Å². The van der Waals surface area contributed by atoms with Gasteiger partial charge in [-0.05, 0) is 35.9 Å². The van der Waals surface area contributed by atoms with E-state index < -0.39 is 15.4 Å². The quantitative estimate of drug-likeness (QED) is 0.924. The molecule has 3 rings (SSSR count). The molecule has 0 fully saturated rings. The Hall–Kier alpha value is -2.85. The summed E-state index contributed by atoms with van der Waals surface area (Å²) in [6.07, 6.45) is 7.87. The number of nitrogens with zero attached hydrogens (tertiary/aromatic N) is 3. The summed E-state index contributed by atoms with van der Waals surface area (Å²) in [5.41, 5.74) is 3.43. The van der Waals surface area contributed by atoms with Gasteiger partial charge in [0.25, 0.3) is 0 Å². The number of hydrogen-bond donors (Lipinski definition) is 1. The molecule has 2 heterocycles. The maximum Gasteiger partial charge on any atom is 0.191 e. The Morgan fingerprint density at radius 2 is 1.83 bits per heavy atom. The van der Waals surface area contributed by atoms with Crippen molar-refractivity contribution in [3.05, 3.63) is 66.6 Å². The summed E-state index contributed by atoms with van der Waals surface area (Å²) in [7, 11) is -3.27. The molecule has 1 aliphatic rings. The number of hydrazine groups is 1. The zero-order valence-corrected chi connectivity index (χ0v) is 13.2. The van der Waals surface area contributed by atoms with E-state index >= 15 is 0 Å². The van der Waals surface area contributed by atoms with Crippen LogP contribution in [0.4, 0.5) is 5.69 Å². The lowest BCUT2D eigenvalue weighted by Gasteiger charge is -2.33. The Morgan fingerprint density at radius 3 is 2.39 bits per heavy atom. The second-order valence-corrected chi connectivity index (χ2v) is 7.19. The predicted molar refractivity (Wildman–Crippen MR) is 85.8 cm³/mol. The van der Waals surface area contributed by atoms with Gasteiger partial charge in [0.2, 0.25) is 0 Å². The Labute approximate surface area is 134 Å². The Balaban J connectivity index is 2.07. The average Bonchev–Trinajstić information content (AvgIpc) is 3.00. The van der Waals surface area contributed by atoms with Crippen LogP contribution in [0.25, 0.3) is 0 Å². The van der Waals surface area contributed by atoms with Gasteiger partial charge in [-0.25, -0.2) is 8.42 Å². The van der Waals surface area contributed by atoms with Gasteiger partial charge in [0, 0.05) is 24.8 Å². The largest absolute Gasteiger partial charge is 0.304 e. The second-order valence-electron chi connectivity index (χ2n) is 5.18. The molecule has 1 N–H and O–H groups in total. The van der Waals surface area contributed by atoms with Crippen molar-refractivity contribution in [2.75, 3.05) is 11.3 Å². The molecule has 0 amide bonds. The number of pyridine rings is 1. The summed E-state index contributed by atoms with van der Waals surface area (Å²) in [6, 6.07) is 12.2. The number of anilines is 1. The van der Waals surface area contributed by atoms with Gasteiger partial charge < -0.3 is 5.43 Å². The number of aromatic nitrogens is 1. The maximum atomic E-state index is 11.6. The van der Waals surface area contributed by atoms with Gasteiger partial charge in [0.05, 0.1) is 10.6 Å². The zero-order chi connectivity index (χ0) is 16.5. The number of hydrogen-bond acceptors (Lipinski definition) is 6. The summed E-state index contributed by atoms with van der Waals surface area (Å²) in [4.78, 5) is 4.20. The third-order valence-electron chi connectivity index (χ3n) is 3.69. The average molecular weight is 326 g/mol. The van der Waals surface area contributed by atoms with Crippen LogP contribution in [-0.2, 0) is 15.4 Å². The molecule has 0 aliphatic carbocycles. The molecular weight excluding hydrogens is 312 g/mol. The van der Waals surface area contributed by atoms with E-state index in [9.17, 15) is 13.7 Å². The SMILES string of the molecule is CS(=O)(=O)c1ccc(C2(C#N)C=CNN2c2ccncc2)cc1. The summed E-state index contributed by atoms with van der Waals surface area (Å²) in [6.45, 7) is 0. The van der Waals surface area contributed by atoms with Crippen molar-refractivity contribution in [2.24, 2.45) is 0 Å². The first kappa shape index (κ1) is 15.1. The fourth-order valence-corrected chi connectivity index (χ4v) is 3.14. The van der Waals surface area contributed by atoms with Crippen LogP contribution >= 0.6 is 0 Å². The lowest BCUT2D eigenvalue weighted by Crippen LogP contribution is -2.46. The first-order valence-corrected chi connectivity index (χ1v) is 8.72. The number of sulfone groups is 1. The molecule has 0 saturated carbocycles. The van der Waals surface area contributed by atoms with Crippen LogP contribution in [0.2, 0.25) is 0 Å². The minimum atomic E-state index is -3.27. The minimum Gasteiger partial charge on any atom is -0.304 e. The highest BCUT2D eigenvalue weighted by Gasteiger charge is 2.40. The number of benzene rings is 1. The molecule has 116 valence electrons. The topological polar surface area (TPSA) is 86.1 Å². The lowest BCUT2D eigenvalue weighted by molar-refractivity contribution is 0.600. The van der Waals surface area contributed by atoms with Crippen molar-refractivity contribution >= 4 is 15.5 Å². The summed E-state index contributed by atoms with van der Waals surface area (Å²) < 4.78 is 23.2. The molecule has 2 aromatic rings. The second kappa shape index (κ2) is 5.41. The third kappa shape index (κ3) is 2.53. The van der Waals surface area contributed by atoms with Gasteiger partial charge in [-0.2, -0.15) is 5.26 Å². The highest BCUT2D eigenvalue weighted by molar-refractivity contribution is 7.90. The zero-order valence-electron chi connectivity index (χ0n) is 12.3. The first-order chi connectivity index (χ1) is 11.0. The molecule has 23 heavy (non-hydrogen) atoms. The highest BCUT2D eigenvalue weighted by atomic mass is 32.2. The van der Waals surface area contributed by atoms with Crippen LogP contribution in [-0.4, -0.2) is 19.7 Å². The van der Waals surface area contributed by atoms with Gasteiger partial charge in [-0.3, -0.25) is 9.99 Å². The van der Waals surface area contributed by atoms with Crippen LogP contribution in [0.15, 0.2) is 66.0 Å². The van der Waals surface area contributed by atoms with Crippen LogP contribution < -0.4 is 10.4 Å². The Bertz CT molecular complexity index is 886. The molecule has 1 aromatic carbocycles. The summed E-state index contributed by atoms with van der Waals surface area (Å²) in [5.74, 6) is 0. The van der Waals surface area contributed by atoms with E-state index in [1.165, 1.54) is 12.1 Å². The van der Waals surface area contributed by atoms with Gasteiger partial charge in [-0.15, -0.1) is 0 Å². The Kier molecular flexibility index (Phi) is 3.54. The minimum absolute atomic E-state index is 0.222. The molecule has 0 spiro atoms. The summed E-state index contributed by atoms with van der Waals surface area (Å²) >= 11 is 0. The standard InChI is InChI=1S/C16H14N4O2S/c1-23(21,22)15-4-2-13(3-5-15)16(12-17)8-11-19-20(16)14-6-9-18-10-7-14/h2-11,19H,1H3. The van der Waals surface area contributed by atoms with Gasteiger partial charge >= 0.3 is 0 Å². The Morgan fingerprint density at radius 1 is 1.17 bits per heavy atom. The molecule has 0 bridgehead atoms. The van der Waals surface area contributed by atoms with E-state index in [2.05, 4.69) is 16.5 Å². The van der Waals surface area contributed by atoms with Gasteiger partial charge in [-0.1, -0.05) is 12.1 Å². The molecule has 1 atom stereocenters. The van der Waals surface area contributed by atoms with E-state index in [1.807, 2.05) is 0 Å². The normalized spacial score (nSPS) is 20.1. The smallest absolute Gasteiger partial charge is 0.191 e. The molecule has 0 radical (unpaired) electrons. The predicted octanol–water partition coefficient (Wildman–Crippen LogP) is 1.74. The van der Waals surface area contributed by atoms with E-state index in [-0.39, 0.29) is 4.90 Å². The van der Waals surface area contributed by atoms with Crippen molar-refractivity contribution in [3.63, 3.8) is 0 Å². The van der Waals surface area contributed by atoms with E-state index in [0.29, 0.717) is 5.56 Å². The molecule has 6 nitrogen and oxygen atoms in total. The van der Waals surface area contributed by atoms with Crippen molar-refractivity contribution in [2.45, 2.75) is 10.4 Å². The van der Waals surface area contributed by atoms with Crippen molar-refractivity contribution < 1.29 is 8.42 Å². The van der Waals surface area contributed by atoms with Crippen LogP contribution in [0.1, 0.15) is 5.56 Å². The molecule has 1 aromatic heterocycles. The van der Waals surface area contributed by atoms with Gasteiger partial charge in [0.15, 0.2) is 15.4 Å². The molecular formula is C16H14N4O2S. The van der Waals surface area contributed by atoms with Crippen molar-refractivity contribution in [3.8, 4) is 6.07 Å². The maximum absolute atomic E-state index is 11.6. The fraction of sp³-hybridized carbons (Fsp3) is 0.125. The van der Waals surface area contributed by atoms with E-state index in [1.54, 1.807) is 53.9 Å². The van der Waals surface area contributed by atoms with Crippen molar-refractivity contribution in [1.82, 2.24) is 10.4 Å². The molecule has 7 heteroatoms. The van der Waals surface area contributed by atoms with Crippen LogP contribution in [0.3, 0.4) is 0 Å². The first-order valence-electron chi connectivity index (χ1n) is 6.83. The number of rotatable bonds is 3. The number of nitrogens with one attached hydrogen (secondary N) is 1. The third-order valence-corrected chi connectivity index (χ3v) is 4.82. The van der Waals surface area contributed by atoms with Gasteiger partial charge in [0.1, 0.15) is 6.07 Å².